The van der Waals surface area contributed by atoms with Crippen LogP contribution in [-0.4, -0.2) is 29.3 Å². The van der Waals surface area contributed by atoms with Crippen LogP contribution in [0.3, 0.4) is 0 Å². The van der Waals surface area contributed by atoms with Gasteiger partial charge in [-0.05, 0) is 18.6 Å². The molecule has 6 heteroatoms. The van der Waals surface area contributed by atoms with Gasteiger partial charge in [0.25, 0.3) is 5.56 Å². The molecule has 1 atom stereocenters. The van der Waals surface area contributed by atoms with Gasteiger partial charge < -0.3 is 10.2 Å². The number of aromatic amines is 1. The zero-order valence-corrected chi connectivity index (χ0v) is 11.6. The minimum atomic E-state index is -0.366. The normalized spacial score (nSPS) is 18.2. The summed E-state index contributed by atoms with van der Waals surface area (Å²) in [5.74, 6) is 0. The summed E-state index contributed by atoms with van der Waals surface area (Å²) >= 11 is 5.97. The molecule has 1 saturated heterocycles. The number of hydrogen-bond acceptors (Lipinski definition) is 4. The predicted octanol–water partition coefficient (Wildman–Crippen LogP) is 2.11. The first-order chi connectivity index (χ1) is 9.74. The number of benzene rings is 1. The molecule has 0 unspecified atom stereocenters. The van der Waals surface area contributed by atoms with Crippen LogP contribution in [-0.2, 0) is 0 Å². The molecule has 0 spiro atoms. The summed E-state index contributed by atoms with van der Waals surface area (Å²) in [7, 11) is 0. The van der Waals surface area contributed by atoms with E-state index < -0.39 is 0 Å². The summed E-state index contributed by atoms with van der Waals surface area (Å²) < 4.78 is 0. The van der Waals surface area contributed by atoms with E-state index in [1.165, 1.54) is 5.69 Å². The number of nitrogens with one attached hydrogen (secondary N) is 2. The summed E-state index contributed by atoms with van der Waals surface area (Å²) in [6.07, 6.45) is 2.55. The average Bonchev–Trinajstić information content (AvgIpc) is 2.93. The average molecular weight is 291 g/mol. The van der Waals surface area contributed by atoms with Gasteiger partial charge in [-0.1, -0.05) is 29.8 Å². The summed E-state index contributed by atoms with van der Waals surface area (Å²) in [5, 5.41) is 9.54. The lowest BCUT2D eigenvalue weighted by molar-refractivity contribution is 0.803. The molecule has 1 fully saturated rings. The summed E-state index contributed by atoms with van der Waals surface area (Å²) in [6.45, 7) is 1.86. The fourth-order valence-electron chi connectivity index (χ4n) is 2.46. The molecule has 0 aliphatic carbocycles. The number of H-pyrrole nitrogens is 1. The number of rotatable bonds is 3. The van der Waals surface area contributed by atoms with Gasteiger partial charge in [0.1, 0.15) is 5.02 Å². The lowest BCUT2D eigenvalue weighted by Crippen LogP contribution is -2.26. The molecule has 1 aromatic heterocycles. The first-order valence-corrected chi connectivity index (χ1v) is 6.91. The Morgan fingerprint density at radius 1 is 1.35 bits per heavy atom. The van der Waals surface area contributed by atoms with E-state index in [2.05, 4.69) is 32.5 Å². The maximum atomic E-state index is 11.4. The van der Waals surface area contributed by atoms with Crippen molar-refractivity contribution in [3.05, 3.63) is 51.9 Å². The van der Waals surface area contributed by atoms with Crippen LogP contribution < -0.4 is 15.8 Å². The van der Waals surface area contributed by atoms with Gasteiger partial charge in [-0.15, -0.1) is 0 Å². The molecule has 5 nitrogen and oxygen atoms in total. The van der Waals surface area contributed by atoms with Crippen LogP contribution in [0.25, 0.3) is 0 Å². The van der Waals surface area contributed by atoms with Gasteiger partial charge >= 0.3 is 0 Å². The smallest absolute Gasteiger partial charge is 0.285 e. The number of halogens is 1. The third-order valence-corrected chi connectivity index (χ3v) is 3.84. The molecule has 0 radical (unpaired) electrons. The summed E-state index contributed by atoms with van der Waals surface area (Å²) in [4.78, 5) is 13.7. The summed E-state index contributed by atoms with van der Waals surface area (Å²) in [5.41, 5.74) is 1.44. The Bertz CT molecular complexity index is 643. The number of nitrogens with zero attached hydrogens (tertiary/aromatic N) is 2. The molecule has 0 saturated carbocycles. The van der Waals surface area contributed by atoms with Gasteiger partial charge in [-0.2, -0.15) is 5.10 Å². The molecule has 2 aromatic rings. The van der Waals surface area contributed by atoms with E-state index in [0.29, 0.717) is 5.69 Å². The topological polar surface area (TPSA) is 61.0 Å². The molecule has 104 valence electrons. The number of hydrogen-bond donors (Lipinski definition) is 2. The fourth-order valence-corrected chi connectivity index (χ4v) is 2.60. The molecule has 2 heterocycles. The Morgan fingerprint density at radius 2 is 2.15 bits per heavy atom. The van der Waals surface area contributed by atoms with Crippen molar-refractivity contribution in [3.63, 3.8) is 0 Å². The number of aromatic nitrogens is 2. The van der Waals surface area contributed by atoms with Crippen LogP contribution >= 0.6 is 11.6 Å². The molecule has 3 rings (SSSR count). The second-order valence-electron chi connectivity index (χ2n) is 4.84. The third-order valence-electron chi connectivity index (χ3n) is 3.46. The first kappa shape index (κ1) is 13.0. The first-order valence-electron chi connectivity index (χ1n) is 6.54. The molecule has 0 amide bonds. The van der Waals surface area contributed by atoms with Crippen LogP contribution in [0.15, 0.2) is 41.3 Å². The molecule has 20 heavy (non-hydrogen) atoms. The van der Waals surface area contributed by atoms with E-state index in [0.717, 1.165) is 19.5 Å². The molecular formula is C14H15ClN4O. The quantitative estimate of drug-likeness (QED) is 0.909. The molecule has 1 aromatic carbocycles. The van der Waals surface area contributed by atoms with Crippen LogP contribution in [0.5, 0.6) is 0 Å². The van der Waals surface area contributed by atoms with E-state index >= 15 is 0 Å². The third kappa shape index (κ3) is 2.63. The lowest BCUT2D eigenvalue weighted by atomic mass is 10.2. The molecule has 2 N–H and O–H groups in total. The van der Waals surface area contributed by atoms with Crippen molar-refractivity contribution in [1.82, 2.24) is 10.2 Å². The minimum Gasteiger partial charge on any atom is -0.378 e. The van der Waals surface area contributed by atoms with Gasteiger partial charge in [0.2, 0.25) is 0 Å². The summed E-state index contributed by atoms with van der Waals surface area (Å²) in [6, 6.07) is 10.5. The highest BCUT2D eigenvalue weighted by molar-refractivity contribution is 6.32. The van der Waals surface area contributed by atoms with Crippen molar-refractivity contribution in [1.29, 1.82) is 0 Å². The van der Waals surface area contributed by atoms with Gasteiger partial charge in [0.05, 0.1) is 11.9 Å². The maximum Gasteiger partial charge on any atom is 0.285 e. The Morgan fingerprint density at radius 3 is 2.95 bits per heavy atom. The van der Waals surface area contributed by atoms with Crippen LogP contribution in [0, 0.1) is 0 Å². The van der Waals surface area contributed by atoms with Crippen molar-refractivity contribution in [2.24, 2.45) is 0 Å². The van der Waals surface area contributed by atoms with Crippen molar-refractivity contribution in [3.8, 4) is 0 Å². The minimum absolute atomic E-state index is 0.165. The second kappa shape index (κ2) is 5.54. The molecular weight excluding hydrogens is 276 g/mol. The van der Waals surface area contributed by atoms with Crippen molar-refractivity contribution < 1.29 is 0 Å². The Kier molecular flexibility index (Phi) is 3.60. The molecule has 1 aliphatic rings. The van der Waals surface area contributed by atoms with E-state index in [1.807, 2.05) is 18.2 Å². The number of anilines is 2. The van der Waals surface area contributed by atoms with Crippen molar-refractivity contribution in [2.45, 2.75) is 12.5 Å². The Labute approximate surface area is 121 Å². The van der Waals surface area contributed by atoms with Gasteiger partial charge in [-0.3, -0.25) is 4.79 Å². The lowest BCUT2D eigenvalue weighted by Gasteiger charge is -2.19. The van der Waals surface area contributed by atoms with E-state index in [1.54, 1.807) is 6.20 Å². The molecule has 0 bridgehead atoms. The van der Waals surface area contributed by atoms with Gasteiger partial charge in [0.15, 0.2) is 0 Å². The fraction of sp³-hybridized carbons (Fsp3) is 0.286. The van der Waals surface area contributed by atoms with Crippen LogP contribution in [0.4, 0.5) is 11.4 Å². The second-order valence-corrected chi connectivity index (χ2v) is 5.22. The highest BCUT2D eigenvalue weighted by atomic mass is 35.5. The highest BCUT2D eigenvalue weighted by Crippen LogP contribution is 2.23. The Hall–Kier alpha value is -2.01. The largest absolute Gasteiger partial charge is 0.378 e. The zero-order valence-electron chi connectivity index (χ0n) is 10.8. The Balaban J connectivity index is 1.69. The zero-order chi connectivity index (χ0) is 13.9. The predicted molar refractivity (Wildman–Crippen MR) is 80.6 cm³/mol. The van der Waals surface area contributed by atoms with Gasteiger partial charge in [-0.25, -0.2) is 5.10 Å². The van der Waals surface area contributed by atoms with E-state index in [4.69, 9.17) is 11.6 Å². The van der Waals surface area contributed by atoms with E-state index in [9.17, 15) is 4.79 Å². The monoisotopic (exact) mass is 290 g/mol. The standard InChI is InChI=1S/C14H15ClN4O/c15-13-12(8-16-18-14(13)20)17-10-6-7-19(9-10)11-4-2-1-3-5-11/h1-5,8,10H,6-7,9H2,(H2,17,18,20)/t10-/m0/s1. The number of para-hydroxylation sites is 1. The highest BCUT2D eigenvalue weighted by Gasteiger charge is 2.23. The van der Waals surface area contributed by atoms with Gasteiger partial charge in [0, 0.05) is 24.8 Å². The van der Waals surface area contributed by atoms with Crippen LogP contribution in [0.2, 0.25) is 5.02 Å². The maximum absolute atomic E-state index is 11.4. The molecule has 1 aliphatic heterocycles. The van der Waals surface area contributed by atoms with Crippen molar-refractivity contribution in [2.75, 3.05) is 23.3 Å². The van der Waals surface area contributed by atoms with Crippen LogP contribution in [0.1, 0.15) is 6.42 Å². The SMILES string of the molecule is O=c1[nH]ncc(N[C@H]2CCN(c3ccccc3)C2)c1Cl. The van der Waals surface area contributed by atoms with Crippen molar-refractivity contribution >= 4 is 23.0 Å². The van der Waals surface area contributed by atoms with E-state index in [-0.39, 0.29) is 16.6 Å².